The van der Waals surface area contributed by atoms with Crippen molar-refractivity contribution in [2.45, 2.75) is 43.4 Å². The number of tetrazole rings is 1. The van der Waals surface area contributed by atoms with Crippen molar-refractivity contribution in [1.29, 1.82) is 0 Å². The van der Waals surface area contributed by atoms with Crippen molar-refractivity contribution >= 4 is 0 Å². The number of methoxy groups -OCH3 is 1. The second-order valence-corrected chi connectivity index (χ2v) is 7.11. The third-order valence-corrected chi connectivity index (χ3v) is 5.91. The highest BCUT2D eigenvalue weighted by atomic mass is 16.5. The molecule has 1 N–H and O–H groups in total. The maximum atomic E-state index is 11.0. The highest BCUT2D eigenvalue weighted by Gasteiger charge is 2.52. The predicted molar refractivity (Wildman–Crippen MR) is 92.0 cm³/mol. The molecule has 0 unspecified atom stereocenters. The molecule has 25 heavy (non-hydrogen) atoms. The first kappa shape index (κ1) is 16.6. The van der Waals surface area contributed by atoms with Gasteiger partial charge in [0.2, 0.25) is 0 Å². The van der Waals surface area contributed by atoms with E-state index < -0.39 is 6.10 Å². The lowest BCUT2D eigenvalue weighted by Crippen LogP contribution is -2.48. The quantitative estimate of drug-likeness (QED) is 0.878. The van der Waals surface area contributed by atoms with Crippen molar-refractivity contribution < 1.29 is 9.84 Å². The van der Waals surface area contributed by atoms with Crippen LogP contribution in [0.15, 0.2) is 30.6 Å². The highest BCUT2D eigenvalue weighted by Crippen LogP contribution is 2.51. The van der Waals surface area contributed by atoms with Gasteiger partial charge in [-0.1, -0.05) is 24.3 Å². The molecule has 1 fully saturated rings. The van der Waals surface area contributed by atoms with Crippen molar-refractivity contribution in [3.8, 4) is 0 Å². The fraction of sp³-hybridized carbons (Fsp3) is 0.611. The Bertz CT molecular complexity index is 697. The Morgan fingerprint density at radius 3 is 2.76 bits per heavy atom. The number of likely N-dealkylation sites (tertiary alicyclic amines) is 1. The number of rotatable bonds is 5. The molecule has 134 valence electrons. The number of benzene rings is 1. The van der Waals surface area contributed by atoms with Gasteiger partial charge in [0.1, 0.15) is 12.4 Å². The normalized spacial score (nSPS) is 25.4. The Morgan fingerprint density at radius 1 is 1.24 bits per heavy atom. The van der Waals surface area contributed by atoms with E-state index in [1.54, 1.807) is 18.1 Å². The summed E-state index contributed by atoms with van der Waals surface area (Å²) < 4.78 is 7.39. The van der Waals surface area contributed by atoms with E-state index in [4.69, 9.17) is 4.74 Å². The lowest BCUT2D eigenvalue weighted by atomic mass is 9.72. The van der Waals surface area contributed by atoms with Crippen LogP contribution in [-0.4, -0.2) is 63.1 Å². The van der Waals surface area contributed by atoms with E-state index in [-0.39, 0.29) is 11.5 Å². The first-order valence-corrected chi connectivity index (χ1v) is 8.98. The molecule has 1 aromatic carbocycles. The molecule has 4 rings (SSSR count). The van der Waals surface area contributed by atoms with Crippen LogP contribution in [0.25, 0.3) is 0 Å². The van der Waals surface area contributed by atoms with Crippen LogP contribution >= 0.6 is 0 Å². The van der Waals surface area contributed by atoms with Gasteiger partial charge in [-0.05, 0) is 60.5 Å². The second-order valence-electron chi connectivity index (χ2n) is 7.11. The predicted octanol–water partition coefficient (Wildman–Crippen LogP) is 1.16. The van der Waals surface area contributed by atoms with Crippen LogP contribution in [0.1, 0.15) is 36.5 Å². The monoisotopic (exact) mass is 343 g/mol. The van der Waals surface area contributed by atoms with E-state index in [2.05, 4.69) is 38.6 Å². The number of hydrogen-bond acceptors (Lipinski definition) is 6. The van der Waals surface area contributed by atoms with Gasteiger partial charge in [0.15, 0.2) is 0 Å². The maximum Gasteiger partial charge on any atom is 0.138 e. The molecule has 2 aliphatic rings. The lowest BCUT2D eigenvalue weighted by molar-refractivity contribution is -0.0546. The zero-order chi connectivity index (χ0) is 17.3. The van der Waals surface area contributed by atoms with E-state index in [9.17, 15) is 5.11 Å². The zero-order valence-electron chi connectivity index (χ0n) is 14.6. The summed E-state index contributed by atoms with van der Waals surface area (Å²) in [5, 5.41) is 22.2. The fourth-order valence-electron chi connectivity index (χ4n) is 4.55. The van der Waals surface area contributed by atoms with Gasteiger partial charge in [0.25, 0.3) is 0 Å². The van der Waals surface area contributed by atoms with Gasteiger partial charge in [-0.2, -0.15) is 0 Å². The Balaban J connectivity index is 1.40. The van der Waals surface area contributed by atoms with Crippen molar-refractivity contribution in [1.82, 2.24) is 25.1 Å². The first-order valence-electron chi connectivity index (χ1n) is 8.98. The van der Waals surface area contributed by atoms with Crippen molar-refractivity contribution in [3.63, 3.8) is 0 Å². The SMILES string of the molecule is CO[C@H]1c2ccccc2C2(CCN(CCCn3cnnn3)CC2)[C@@H]1O. The second kappa shape index (κ2) is 6.82. The number of aryl methyl sites for hydroxylation is 1. The van der Waals surface area contributed by atoms with Crippen LogP contribution in [-0.2, 0) is 16.7 Å². The maximum absolute atomic E-state index is 11.0. The van der Waals surface area contributed by atoms with Crippen molar-refractivity contribution in [3.05, 3.63) is 41.7 Å². The van der Waals surface area contributed by atoms with Gasteiger partial charge in [-0.25, -0.2) is 4.68 Å². The Morgan fingerprint density at radius 2 is 2.04 bits per heavy atom. The van der Waals surface area contributed by atoms with E-state index in [0.717, 1.165) is 51.0 Å². The number of aliphatic hydroxyl groups is 1. The van der Waals surface area contributed by atoms with E-state index in [1.807, 2.05) is 6.07 Å². The molecule has 2 atom stereocenters. The summed E-state index contributed by atoms with van der Waals surface area (Å²) in [6, 6.07) is 8.37. The number of hydrogen-bond donors (Lipinski definition) is 1. The first-order chi connectivity index (χ1) is 12.2. The average Bonchev–Trinajstić information content (AvgIpc) is 3.23. The smallest absolute Gasteiger partial charge is 0.138 e. The van der Waals surface area contributed by atoms with Crippen molar-refractivity contribution in [2.24, 2.45) is 0 Å². The van der Waals surface area contributed by atoms with Gasteiger partial charge in [-0.3, -0.25) is 0 Å². The Kier molecular flexibility index (Phi) is 4.54. The molecule has 1 aliphatic carbocycles. The molecule has 1 aliphatic heterocycles. The van der Waals surface area contributed by atoms with Crippen LogP contribution in [0.4, 0.5) is 0 Å². The summed E-state index contributed by atoms with van der Waals surface area (Å²) in [6.45, 7) is 3.86. The molecule has 2 heterocycles. The minimum absolute atomic E-state index is 0.163. The van der Waals surface area contributed by atoms with Crippen molar-refractivity contribution in [2.75, 3.05) is 26.7 Å². The number of aliphatic hydroxyl groups excluding tert-OH is 1. The topological polar surface area (TPSA) is 76.3 Å². The molecule has 1 aromatic heterocycles. The molecule has 1 spiro atoms. The van der Waals surface area contributed by atoms with Gasteiger partial charge in [0, 0.05) is 19.1 Å². The van der Waals surface area contributed by atoms with Crippen LogP contribution < -0.4 is 0 Å². The van der Waals surface area contributed by atoms with E-state index >= 15 is 0 Å². The summed E-state index contributed by atoms with van der Waals surface area (Å²) in [5.74, 6) is 0. The fourth-order valence-corrected chi connectivity index (χ4v) is 4.55. The number of fused-ring (bicyclic) bond motifs is 2. The number of ether oxygens (including phenoxy) is 1. The molecule has 7 nitrogen and oxygen atoms in total. The molecule has 0 bridgehead atoms. The van der Waals surface area contributed by atoms with Gasteiger partial charge >= 0.3 is 0 Å². The van der Waals surface area contributed by atoms with Crippen LogP contribution in [0.3, 0.4) is 0 Å². The van der Waals surface area contributed by atoms with Gasteiger partial charge in [-0.15, -0.1) is 5.10 Å². The summed E-state index contributed by atoms with van der Waals surface area (Å²) >= 11 is 0. The number of nitrogens with zero attached hydrogens (tertiary/aromatic N) is 5. The van der Waals surface area contributed by atoms with Crippen LogP contribution in [0.5, 0.6) is 0 Å². The van der Waals surface area contributed by atoms with E-state index in [0.29, 0.717) is 0 Å². The summed E-state index contributed by atoms with van der Waals surface area (Å²) in [7, 11) is 1.69. The van der Waals surface area contributed by atoms with Crippen LogP contribution in [0, 0.1) is 0 Å². The summed E-state index contributed by atoms with van der Waals surface area (Å²) in [6.07, 6.45) is 3.95. The third kappa shape index (κ3) is 2.86. The molecule has 0 radical (unpaired) electrons. The standard InChI is InChI=1S/C18H25N5O2/c1-25-16-14-5-2-3-6-15(14)18(17(16)24)7-11-22(12-8-18)9-4-10-23-13-19-20-21-23/h2-3,5-6,13,16-17,24H,4,7-12H2,1H3/t16-,17+/m0/s1. The molecule has 2 aromatic rings. The summed E-state index contributed by atoms with van der Waals surface area (Å²) in [4.78, 5) is 2.48. The highest BCUT2D eigenvalue weighted by molar-refractivity contribution is 5.44. The summed E-state index contributed by atoms with van der Waals surface area (Å²) in [5.41, 5.74) is 2.27. The molecule has 7 heteroatoms. The van der Waals surface area contributed by atoms with E-state index in [1.165, 1.54) is 5.56 Å². The third-order valence-electron chi connectivity index (χ3n) is 5.91. The Hall–Kier alpha value is -1.83. The van der Waals surface area contributed by atoms with Crippen LogP contribution in [0.2, 0.25) is 0 Å². The molecule has 1 saturated heterocycles. The zero-order valence-corrected chi connectivity index (χ0v) is 14.6. The molecule has 0 saturated carbocycles. The number of aromatic nitrogens is 4. The molecule has 0 amide bonds. The largest absolute Gasteiger partial charge is 0.389 e. The van der Waals surface area contributed by atoms with Gasteiger partial charge < -0.3 is 14.7 Å². The minimum atomic E-state index is -0.460. The lowest BCUT2D eigenvalue weighted by Gasteiger charge is -2.42. The minimum Gasteiger partial charge on any atom is -0.389 e. The molecular weight excluding hydrogens is 318 g/mol. The average molecular weight is 343 g/mol. The molecular formula is C18H25N5O2. The Labute approximate surface area is 147 Å². The number of piperidine rings is 1. The van der Waals surface area contributed by atoms with Gasteiger partial charge in [0.05, 0.1) is 6.10 Å².